The summed E-state index contributed by atoms with van der Waals surface area (Å²) in [6, 6.07) is 8.19. The second kappa shape index (κ2) is 10.5. The van der Waals surface area contributed by atoms with Gasteiger partial charge in [0.1, 0.15) is 5.82 Å². The molecule has 37 heavy (non-hydrogen) atoms. The van der Waals surface area contributed by atoms with E-state index in [4.69, 9.17) is 4.74 Å². The molecule has 1 aliphatic heterocycles. The Bertz CT molecular complexity index is 1330. The average molecular weight is 517 g/mol. The zero-order valence-corrected chi connectivity index (χ0v) is 21.3. The molecule has 2 aromatic carbocycles. The summed E-state index contributed by atoms with van der Waals surface area (Å²) in [5.74, 6) is 0.215. The van der Waals surface area contributed by atoms with Crippen LogP contribution in [0.2, 0.25) is 0 Å². The lowest BCUT2D eigenvalue weighted by Crippen LogP contribution is -2.48. The molecule has 1 aliphatic rings. The number of aromatic amines is 1. The first-order valence-electron chi connectivity index (χ1n) is 12.5. The van der Waals surface area contributed by atoms with E-state index in [9.17, 15) is 22.8 Å². The number of amides is 1. The maximum Gasteiger partial charge on any atom is 0.416 e. The number of hydrogen-bond donors (Lipinski definition) is 2. The Balaban J connectivity index is 1.63. The summed E-state index contributed by atoms with van der Waals surface area (Å²) in [5, 5.41) is 3.25. The van der Waals surface area contributed by atoms with Crippen LogP contribution in [0.15, 0.2) is 41.2 Å². The van der Waals surface area contributed by atoms with Crippen molar-refractivity contribution in [2.75, 3.05) is 18.4 Å². The smallest absolute Gasteiger partial charge is 0.378 e. The number of H-pyrrole nitrogens is 1. The molecule has 1 amide bonds. The monoisotopic (exact) mass is 516 g/mol. The van der Waals surface area contributed by atoms with E-state index in [1.54, 1.807) is 43.0 Å². The number of aryl methyl sites for hydroxylation is 1. The van der Waals surface area contributed by atoms with Crippen molar-refractivity contribution in [3.05, 3.63) is 69.3 Å². The first kappa shape index (κ1) is 26.7. The molecule has 4 rings (SSSR count). The van der Waals surface area contributed by atoms with Crippen molar-refractivity contribution in [1.29, 1.82) is 0 Å². The zero-order valence-electron chi connectivity index (χ0n) is 21.3. The number of rotatable bonds is 6. The molecule has 7 nitrogen and oxygen atoms in total. The van der Waals surface area contributed by atoms with E-state index in [2.05, 4.69) is 15.3 Å². The van der Waals surface area contributed by atoms with Crippen LogP contribution in [-0.2, 0) is 17.3 Å². The summed E-state index contributed by atoms with van der Waals surface area (Å²) in [6.07, 6.45) is -4.01. The number of nitrogens with one attached hydrogen (secondary N) is 2. The Hall–Kier alpha value is -3.40. The molecule has 0 unspecified atom stereocenters. The fourth-order valence-electron chi connectivity index (χ4n) is 4.79. The van der Waals surface area contributed by atoms with Crippen LogP contribution in [0.25, 0.3) is 10.9 Å². The molecule has 0 aliphatic carbocycles. The predicted octanol–water partition coefficient (Wildman–Crippen LogP) is 5.32. The maximum absolute atomic E-state index is 14.1. The van der Waals surface area contributed by atoms with E-state index in [0.717, 1.165) is 6.07 Å². The molecule has 10 heteroatoms. The van der Waals surface area contributed by atoms with Gasteiger partial charge in [-0.3, -0.25) is 9.59 Å². The molecule has 2 N–H and O–H groups in total. The van der Waals surface area contributed by atoms with Crippen molar-refractivity contribution in [2.45, 2.75) is 65.0 Å². The average Bonchev–Trinajstić information content (AvgIpc) is 2.85. The van der Waals surface area contributed by atoms with Gasteiger partial charge in [0.05, 0.1) is 34.7 Å². The van der Waals surface area contributed by atoms with Gasteiger partial charge in [-0.25, -0.2) is 4.98 Å². The largest absolute Gasteiger partial charge is 0.416 e. The molecule has 0 saturated carbocycles. The SMILES string of the molecule is CCc1nc2cc(C(F)(F)F)c([C@H](CC)Nc3ccc(C(=O)N4C[C@@H](C)O[C@@H](C)C4)cc3)cc2c(=O)[nH]1. The number of halogens is 3. The van der Waals surface area contributed by atoms with Gasteiger partial charge in [0, 0.05) is 30.8 Å². The van der Waals surface area contributed by atoms with Gasteiger partial charge >= 0.3 is 6.18 Å². The second-order valence-corrected chi connectivity index (χ2v) is 9.47. The van der Waals surface area contributed by atoms with E-state index in [-0.39, 0.29) is 34.6 Å². The van der Waals surface area contributed by atoms with Crippen molar-refractivity contribution in [1.82, 2.24) is 14.9 Å². The van der Waals surface area contributed by atoms with Crippen molar-refractivity contribution in [3.63, 3.8) is 0 Å². The van der Waals surface area contributed by atoms with Crippen LogP contribution >= 0.6 is 0 Å². The highest BCUT2D eigenvalue weighted by atomic mass is 19.4. The number of carbonyl (C=O) groups is 1. The fraction of sp³-hybridized carbons (Fsp3) is 0.444. The Morgan fingerprint density at radius 1 is 1.16 bits per heavy atom. The van der Waals surface area contributed by atoms with Crippen LogP contribution in [0, 0.1) is 0 Å². The summed E-state index contributed by atoms with van der Waals surface area (Å²) in [5.41, 5.74) is -0.264. The molecular formula is C27H31F3N4O3. The number of morpholine rings is 1. The fourth-order valence-corrected chi connectivity index (χ4v) is 4.79. The molecule has 0 spiro atoms. The quantitative estimate of drug-likeness (QED) is 0.463. The first-order valence-corrected chi connectivity index (χ1v) is 12.5. The van der Waals surface area contributed by atoms with Crippen LogP contribution in [0.4, 0.5) is 18.9 Å². The van der Waals surface area contributed by atoms with Gasteiger partial charge < -0.3 is 19.9 Å². The molecule has 3 aromatic rings. The number of nitrogens with zero attached hydrogens (tertiary/aromatic N) is 2. The Kier molecular flexibility index (Phi) is 7.59. The highest BCUT2D eigenvalue weighted by Gasteiger charge is 2.36. The molecule has 1 saturated heterocycles. The number of carbonyl (C=O) groups excluding carboxylic acids is 1. The third-order valence-corrected chi connectivity index (χ3v) is 6.53. The molecule has 2 heterocycles. The number of benzene rings is 2. The van der Waals surface area contributed by atoms with Crippen LogP contribution < -0.4 is 10.9 Å². The van der Waals surface area contributed by atoms with E-state index >= 15 is 0 Å². The normalized spacial score (nSPS) is 19.2. The topological polar surface area (TPSA) is 87.3 Å². The van der Waals surface area contributed by atoms with Crippen molar-refractivity contribution in [2.24, 2.45) is 0 Å². The summed E-state index contributed by atoms with van der Waals surface area (Å²) >= 11 is 0. The number of fused-ring (bicyclic) bond motifs is 1. The van der Waals surface area contributed by atoms with Gasteiger partial charge in [-0.05, 0) is 62.2 Å². The number of alkyl halides is 3. The van der Waals surface area contributed by atoms with Crippen molar-refractivity contribution < 1.29 is 22.7 Å². The summed E-state index contributed by atoms with van der Waals surface area (Å²) in [6.45, 7) is 8.36. The highest BCUT2D eigenvalue weighted by molar-refractivity contribution is 5.94. The zero-order chi connectivity index (χ0) is 26.9. The van der Waals surface area contributed by atoms with E-state index in [0.29, 0.717) is 43.0 Å². The summed E-state index contributed by atoms with van der Waals surface area (Å²) < 4.78 is 47.9. The molecular weight excluding hydrogens is 485 g/mol. The summed E-state index contributed by atoms with van der Waals surface area (Å²) in [7, 11) is 0. The van der Waals surface area contributed by atoms with E-state index in [1.807, 2.05) is 13.8 Å². The lowest BCUT2D eigenvalue weighted by atomic mass is 9.95. The van der Waals surface area contributed by atoms with Gasteiger partial charge in [-0.1, -0.05) is 13.8 Å². The number of hydrogen-bond acceptors (Lipinski definition) is 5. The van der Waals surface area contributed by atoms with Gasteiger partial charge in [0.2, 0.25) is 0 Å². The predicted molar refractivity (Wildman–Crippen MR) is 136 cm³/mol. The number of ether oxygens (including phenoxy) is 1. The Labute approximate surface area is 213 Å². The van der Waals surface area contributed by atoms with Crippen LogP contribution in [0.5, 0.6) is 0 Å². The lowest BCUT2D eigenvalue weighted by Gasteiger charge is -2.35. The Morgan fingerprint density at radius 2 is 1.81 bits per heavy atom. The maximum atomic E-state index is 14.1. The van der Waals surface area contributed by atoms with Gasteiger partial charge in [-0.2, -0.15) is 13.2 Å². The minimum absolute atomic E-state index is 0.0149. The first-order chi connectivity index (χ1) is 17.5. The van der Waals surface area contributed by atoms with E-state index in [1.165, 1.54) is 6.07 Å². The van der Waals surface area contributed by atoms with Gasteiger partial charge in [0.15, 0.2) is 0 Å². The van der Waals surface area contributed by atoms with E-state index < -0.39 is 23.3 Å². The third-order valence-electron chi connectivity index (χ3n) is 6.53. The standard InChI is InChI=1S/C27H31F3N4O3/c1-5-22(19-11-20-23(12-21(19)27(28,29)30)32-24(6-2)33-25(20)35)31-18-9-7-17(8-10-18)26(36)34-13-15(3)37-16(4)14-34/h7-12,15-16,22,31H,5-6,13-14H2,1-4H3,(H,32,33,35)/t15-,16+,22-/m0/s1. The van der Waals surface area contributed by atoms with Crippen LogP contribution in [-0.4, -0.2) is 46.1 Å². The molecule has 198 valence electrons. The van der Waals surface area contributed by atoms with Crippen LogP contribution in [0.3, 0.4) is 0 Å². The molecule has 3 atom stereocenters. The van der Waals surface area contributed by atoms with Crippen molar-refractivity contribution >= 4 is 22.5 Å². The minimum atomic E-state index is -4.63. The second-order valence-electron chi connectivity index (χ2n) is 9.47. The highest BCUT2D eigenvalue weighted by Crippen LogP contribution is 2.38. The minimum Gasteiger partial charge on any atom is -0.378 e. The Morgan fingerprint density at radius 3 is 2.38 bits per heavy atom. The third kappa shape index (κ3) is 5.79. The van der Waals surface area contributed by atoms with Gasteiger partial charge in [-0.15, -0.1) is 0 Å². The summed E-state index contributed by atoms with van der Waals surface area (Å²) in [4.78, 5) is 34.1. The molecule has 0 radical (unpaired) electrons. The number of anilines is 1. The number of aromatic nitrogens is 2. The van der Waals surface area contributed by atoms with Crippen molar-refractivity contribution in [3.8, 4) is 0 Å². The van der Waals surface area contributed by atoms with Gasteiger partial charge in [0.25, 0.3) is 11.5 Å². The molecule has 0 bridgehead atoms. The molecule has 1 fully saturated rings. The molecule has 1 aromatic heterocycles. The van der Waals surface area contributed by atoms with Crippen LogP contribution in [0.1, 0.15) is 67.5 Å². The lowest BCUT2D eigenvalue weighted by molar-refractivity contribution is -0.138.